The van der Waals surface area contributed by atoms with Crippen LogP contribution in [-0.4, -0.2) is 47.5 Å². The second-order valence-electron chi connectivity index (χ2n) is 4.77. The first-order valence-electron chi connectivity index (χ1n) is 6.32. The first kappa shape index (κ1) is 18.1. The molecule has 0 saturated carbocycles. The highest BCUT2D eigenvalue weighted by atomic mass is 32.2. The zero-order valence-corrected chi connectivity index (χ0v) is 13.7. The van der Waals surface area contributed by atoms with Crippen molar-refractivity contribution >= 4 is 20.0 Å². The van der Waals surface area contributed by atoms with Crippen molar-refractivity contribution in [2.45, 2.75) is 12.3 Å². The van der Waals surface area contributed by atoms with Crippen molar-refractivity contribution < 1.29 is 16.8 Å². The summed E-state index contributed by atoms with van der Waals surface area (Å²) in [7, 11) is -4.17. The maximum Gasteiger partial charge on any atom is 0.215 e. The summed E-state index contributed by atoms with van der Waals surface area (Å²) in [5.41, 5.74) is 7.00. The van der Waals surface area contributed by atoms with Gasteiger partial charge < -0.3 is 5.73 Å². The third kappa shape index (κ3) is 6.10. The molecule has 0 aliphatic rings. The van der Waals surface area contributed by atoms with Gasteiger partial charge in [0.2, 0.25) is 20.0 Å². The van der Waals surface area contributed by atoms with E-state index in [4.69, 9.17) is 5.73 Å². The second kappa shape index (κ2) is 7.32. The Morgan fingerprint density at radius 3 is 2.05 bits per heavy atom. The van der Waals surface area contributed by atoms with Crippen molar-refractivity contribution in [3.05, 3.63) is 35.4 Å². The minimum atomic E-state index is -3.57. The molecule has 1 aromatic rings. The van der Waals surface area contributed by atoms with Crippen molar-refractivity contribution in [2.24, 2.45) is 5.73 Å². The number of benzene rings is 1. The van der Waals surface area contributed by atoms with E-state index in [2.05, 4.69) is 4.72 Å². The van der Waals surface area contributed by atoms with Gasteiger partial charge in [-0.1, -0.05) is 24.3 Å². The predicted molar refractivity (Wildman–Crippen MR) is 82.4 cm³/mol. The van der Waals surface area contributed by atoms with E-state index < -0.39 is 20.0 Å². The zero-order chi connectivity index (χ0) is 16.1. The quantitative estimate of drug-likeness (QED) is 0.663. The summed E-state index contributed by atoms with van der Waals surface area (Å²) in [6.07, 6.45) is 0. The number of nitrogens with one attached hydrogen (secondary N) is 1. The van der Waals surface area contributed by atoms with Crippen molar-refractivity contribution in [1.82, 2.24) is 9.03 Å². The van der Waals surface area contributed by atoms with E-state index in [1.807, 2.05) is 0 Å². The minimum Gasteiger partial charge on any atom is -0.326 e. The minimum absolute atomic E-state index is 0.149. The molecular formula is C12H21N3O4S2. The van der Waals surface area contributed by atoms with Crippen LogP contribution >= 0.6 is 0 Å². The molecular weight excluding hydrogens is 314 g/mol. The molecule has 21 heavy (non-hydrogen) atoms. The van der Waals surface area contributed by atoms with Crippen LogP contribution in [0, 0.1) is 0 Å². The van der Waals surface area contributed by atoms with Gasteiger partial charge in [-0.15, -0.1) is 0 Å². The highest BCUT2D eigenvalue weighted by Crippen LogP contribution is 2.07. The Morgan fingerprint density at radius 1 is 1.05 bits per heavy atom. The monoisotopic (exact) mass is 335 g/mol. The third-order valence-corrected chi connectivity index (χ3v) is 6.04. The van der Waals surface area contributed by atoms with Crippen LogP contribution in [0.25, 0.3) is 0 Å². The molecule has 0 fully saturated rings. The van der Waals surface area contributed by atoms with Gasteiger partial charge >= 0.3 is 0 Å². The van der Waals surface area contributed by atoms with Crippen LogP contribution in [0.3, 0.4) is 0 Å². The van der Waals surface area contributed by atoms with Crippen molar-refractivity contribution in [3.8, 4) is 0 Å². The number of rotatable bonds is 8. The van der Waals surface area contributed by atoms with E-state index in [0.29, 0.717) is 12.1 Å². The maximum absolute atomic E-state index is 11.9. The summed E-state index contributed by atoms with van der Waals surface area (Å²) in [5.74, 6) is -0.467. The van der Waals surface area contributed by atoms with Gasteiger partial charge in [-0.3, -0.25) is 0 Å². The van der Waals surface area contributed by atoms with Crippen LogP contribution in [0.5, 0.6) is 0 Å². The lowest BCUT2D eigenvalue weighted by Crippen LogP contribution is -2.34. The Balaban J connectivity index is 2.58. The molecule has 120 valence electrons. The first-order valence-corrected chi connectivity index (χ1v) is 9.58. The molecule has 0 aromatic heterocycles. The Hall–Kier alpha value is -1.00. The second-order valence-corrected chi connectivity index (χ2v) is 8.88. The number of sulfonamides is 2. The lowest BCUT2D eigenvalue weighted by molar-refractivity contribution is 0.519. The molecule has 7 nitrogen and oxygen atoms in total. The smallest absolute Gasteiger partial charge is 0.215 e. The molecule has 0 heterocycles. The fourth-order valence-corrected chi connectivity index (χ4v) is 3.55. The van der Waals surface area contributed by atoms with Gasteiger partial charge in [0.25, 0.3) is 0 Å². The normalized spacial score (nSPS) is 12.8. The third-order valence-electron chi connectivity index (χ3n) is 2.85. The Bertz CT molecular complexity index is 652. The number of nitrogens with zero attached hydrogens (tertiary/aromatic N) is 1. The van der Waals surface area contributed by atoms with Crippen LogP contribution in [0.2, 0.25) is 0 Å². The van der Waals surface area contributed by atoms with E-state index >= 15 is 0 Å². The highest BCUT2D eigenvalue weighted by molar-refractivity contribution is 7.89. The van der Waals surface area contributed by atoms with Crippen LogP contribution in [-0.2, 0) is 32.3 Å². The Kier molecular flexibility index (Phi) is 6.29. The summed E-state index contributed by atoms with van der Waals surface area (Å²) < 4.78 is 50.1. The average molecular weight is 335 g/mol. The molecule has 0 spiro atoms. The van der Waals surface area contributed by atoms with Gasteiger partial charge in [-0.2, -0.15) is 0 Å². The largest absolute Gasteiger partial charge is 0.326 e. The molecule has 0 amide bonds. The number of hydrogen-bond donors (Lipinski definition) is 2. The molecule has 0 aliphatic carbocycles. The van der Waals surface area contributed by atoms with Gasteiger partial charge in [0.15, 0.2) is 0 Å². The van der Waals surface area contributed by atoms with Gasteiger partial charge in [0, 0.05) is 27.2 Å². The highest BCUT2D eigenvalue weighted by Gasteiger charge is 2.16. The zero-order valence-electron chi connectivity index (χ0n) is 12.1. The molecule has 0 unspecified atom stereocenters. The fourth-order valence-electron chi connectivity index (χ4n) is 1.55. The maximum atomic E-state index is 11.9. The van der Waals surface area contributed by atoms with Crippen molar-refractivity contribution in [3.63, 3.8) is 0 Å². The number of nitrogens with two attached hydrogens (primary N) is 1. The fraction of sp³-hybridized carbons (Fsp3) is 0.500. The van der Waals surface area contributed by atoms with Crippen LogP contribution in [0.1, 0.15) is 11.1 Å². The van der Waals surface area contributed by atoms with E-state index in [9.17, 15) is 16.8 Å². The van der Waals surface area contributed by atoms with Crippen molar-refractivity contribution in [2.75, 3.05) is 26.4 Å². The summed E-state index contributed by atoms with van der Waals surface area (Å²) >= 11 is 0. The van der Waals surface area contributed by atoms with E-state index in [0.717, 1.165) is 9.87 Å². The van der Waals surface area contributed by atoms with E-state index in [-0.39, 0.29) is 18.1 Å². The molecule has 9 heteroatoms. The molecule has 0 saturated heterocycles. The molecule has 0 bridgehead atoms. The average Bonchev–Trinajstić information content (AvgIpc) is 2.38. The summed E-state index contributed by atoms with van der Waals surface area (Å²) in [6.45, 7) is 0.247. The first-order chi connectivity index (χ1) is 9.66. The molecule has 1 aromatic carbocycles. The van der Waals surface area contributed by atoms with Crippen LogP contribution in [0.4, 0.5) is 0 Å². The van der Waals surface area contributed by atoms with E-state index in [1.54, 1.807) is 24.3 Å². The van der Waals surface area contributed by atoms with Gasteiger partial charge in [0.05, 0.1) is 11.5 Å². The van der Waals surface area contributed by atoms with Gasteiger partial charge in [0.1, 0.15) is 0 Å². The van der Waals surface area contributed by atoms with Gasteiger partial charge in [-0.05, 0) is 11.1 Å². The Morgan fingerprint density at radius 2 is 1.57 bits per heavy atom. The summed E-state index contributed by atoms with van der Waals surface area (Å²) in [4.78, 5) is 0. The summed E-state index contributed by atoms with van der Waals surface area (Å²) in [5, 5.41) is 0. The van der Waals surface area contributed by atoms with Crippen molar-refractivity contribution in [1.29, 1.82) is 0 Å². The standard InChI is InChI=1S/C12H21N3O4S2/c1-15(2)21(18,19)8-7-14-20(16,17)10-12-5-3-11(9-13)4-6-12/h3-6,14H,7-10,13H2,1-2H3. The molecule has 0 radical (unpaired) electrons. The number of hydrogen-bond acceptors (Lipinski definition) is 5. The lowest BCUT2D eigenvalue weighted by atomic mass is 10.1. The SMILES string of the molecule is CN(C)S(=O)(=O)CCNS(=O)(=O)Cc1ccc(CN)cc1. The van der Waals surface area contributed by atoms with Gasteiger partial charge in [-0.25, -0.2) is 25.9 Å². The van der Waals surface area contributed by atoms with E-state index in [1.165, 1.54) is 14.1 Å². The molecule has 0 atom stereocenters. The van der Waals surface area contributed by atoms with Crippen LogP contribution < -0.4 is 10.5 Å². The lowest BCUT2D eigenvalue weighted by Gasteiger charge is -2.12. The molecule has 3 N–H and O–H groups in total. The predicted octanol–water partition coefficient (Wildman–Crippen LogP) is -0.544. The van der Waals surface area contributed by atoms with Crippen LogP contribution in [0.15, 0.2) is 24.3 Å². The Labute approximate surface area is 126 Å². The topological polar surface area (TPSA) is 110 Å². The molecule has 0 aliphatic heterocycles. The summed E-state index contributed by atoms with van der Waals surface area (Å²) in [6, 6.07) is 6.92. The molecule has 1 rings (SSSR count).